The minimum Gasteiger partial charge on any atom is -0.329 e. The van der Waals surface area contributed by atoms with Crippen molar-refractivity contribution in [1.29, 1.82) is 0 Å². The van der Waals surface area contributed by atoms with Crippen molar-refractivity contribution in [2.24, 2.45) is 11.1 Å². The zero-order chi connectivity index (χ0) is 12.4. The van der Waals surface area contributed by atoms with Gasteiger partial charge >= 0.3 is 0 Å². The van der Waals surface area contributed by atoms with Gasteiger partial charge < -0.3 is 5.73 Å². The highest BCUT2D eigenvalue weighted by Crippen LogP contribution is 2.31. The summed E-state index contributed by atoms with van der Waals surface area (Å²) < 4.78 is 26.5. The minimum atomic E-state index is -3.18. The lowest BCUT2D eigenvalue weighted by atomic mass is 9.78. The molecule has 0 saturated heterocycles. The first-order chi connectivity index (χ1) is 7.18. The van der Waals surface area contributed by atoms with Crippen LogP contribution in [-0.4, -0.2) is 26.3 Å². The zero-order valence-corrected chi connectivity index (χ0v) is 11.4. The maximum Gasteiger partial charge on any atom is 0.212 e. The van der Waals surface area contributed by atoms with E-state index in [2.05, 4.69) is 4.72 Å². The largest absolute Gasteiger partial charge is 0.329 e. The number of sulfonamides is 1. The second-order valence-corrected chi connectivity index (χ2v) is 7.91. The summed E-state index contributed by atoms with van der Waals surface area (Å²) in [5.41, 5.74) is 5.34. The molecule has 0 bridgehead atoms. The van der Waals surface area contributed by atoms with Crippen LogP contribution in [0.3, 0.4) is 0 Å². The molecule has 0 spiro atoms. The number of nitrogens with one attached hydrogen (secondary N) is 1. The summed E-state index contributed by atoms with van der Waals surface area (Å²) in [4.78, 5) is 0. The van der Waals surface area contributed by atoms with Crippen LogP contribution < -0.4 is 10.5 Å². The molecule has 0 radical (unpaired) electrons. The zero-order valence-electron chi connectivity index (χ0n) is 10.5. The molecule has 1 fully saturated rings. The number of rotatable bonds is 5. The molecule has 4 nitrogen and oxygen atoms in total. The second kappa shape index (κ2) is 4.63. The predicted octanol–water partition coefficient (Wildman–Crippen LogP) is 1.22. The molecular weight excluding hydrogens is 224 g/mol. The van der Waals surface area contributed by atoms with Crippen molar-refractivity contribution in [3.63, 3.8) is 0 Å². The van der Waals surface area contributed by atoms with Gasteiger partial charge in [0.05, 0.1) is 5.75 Å². The summed E-state index contributed by atoms with van der Waals surface area (Å²) >= 11 is 0. The van der Waals surface area contributed by atoms with Crippen LogP contribution in [0, 0.1) is 5.41 Å². The van der Waals surface area contributed by atoms with Gasteiger partial charge in [-0.3, -0.25) is 0 Å². The standard InChI is InChI=1S/C11H24N2O2S/c1-10(2,3)7-8-16(14,15)13-11(9-12)5-4-6-11/h13H,4-9,12H2,1-3H3. The normalized spacial score (nSPS) is 20.5. The maximum atomic E-state index is 11.9. The Morgan fingerprint density at radius 3 is 2.19 bits per heavy atom. The Morgan fingerprint density at radius 1 is 1.31 bits per heavy atom. The molecule has 1 aliphatic rings. The van der Waals surface area contributed by atoms with E-state index in [0.717, 1.165) is 19.3 Å². The molecule has 0 unspecified atom stereocenters. The Labute approximate surface area is 99.0 Å². The molecule has 0 amide bonds. The van der Waals surface area contributed by atoms with Crippen molar-refractivity contribution in [2.75, 3.05) is 12.3 Å². The smallest absolute Gasteiger partial charge is 0.212 e. The Kier molecular flexibility index (Phi) is 4.03. The molecule has 5 heteroatoms. The van der Waals surface area contributed by atoms with Gasteiger partial charge in [0.2, 0.25) is 10.0 Å². The SMILES string of the molecule is CC(C)(C)CCS(=O)(=O)NC1(CN)CCC1. The molecule has 0 aromatic carbocycles. The Hall–Kier alpha value is -0.130. The van der Waals surface area contributed by atoms with Crippen LogP contribution in [0.4, 0.5) is 0 Å². The third-order valence-electron chi connectivity index (χ3n) is 3.19. The minimum absolute atomic E-state index is 0.0459. The molecule has 1 aliphatic carbocycles. The van der Waals surface area contributed by atoms with Crippen LogP contribution in [0.2, 0.25) is 0 Å². The van der Waals surface area contributed by atoms with Gasteiger partial charge in [-0.05, 0) is 31.1 Å². The monoisotopic (exact) mass is 248 g/mol. The first kappa shape index (κ1) is 13.9. The highest BCUT2D eigenvalue weighted by atomic mass is 32.2. The van der Waals surface area contributed by atoms with Crippen LogP contribution >= 0.6 is 0 Å². The van der Waals surface area contributed by atoms with Crippen LogP contribution in [0.1, 0.15) is 46.5 Å². The first-order valence-corrected chi connectivity index (χ1v) is 7.55. The third kappa shape index (κ3) is 4.03. The average molecular weight is 248 g/mol. The summed E-state index contributed by atoms with van der Waals surface area (Å²) in [5, 5.41) is 0. The van der Waals surface area contributed by atoms with E-state index in [9.17, 15) is 8.42 Å². The average Bonchev–Trinajstić information content (AvgIpc) is 2.08. The van der Waals surface area contributed by atoms with E-state index in [1.807, 2.05) is 20.8 Å². The molecule has 1 saturated carbocycles. The van der Waals surface area contributed by atoms with Gasteiger partial charge in [-0.15, -0.1) is 0 Å². The fraction of sp³-hybridized carbons (Fsp3) is 1.00. The van der Waals surface area contributed by atoms with Crippen molar-refractivity contribution in [3.05, 3.63) is 0 Å². The van der Waals surface area contributed by atoms with Crippen LogP contribution in [0.5, 0.6) is 0 Å². The van der Waals surface area contributed by atoms with Gasteiger partial charge in [-0.1, -0.05) is 20.8 Å². The third-order valence-corrected chi connectivity index (χ3v) is 4.68. The van der Waals surface area contributed by atoms with E-state index in [0.29, 0.717) is 13.0 Å². The van der Waals surface area contributed by atoms with Gasteiger partial charge in [0.15, 0.2) is 0 Å². The van der Waals surface area contributed by atoms with Crippen LogP contribution in [-0.2, 0) is 10.0 Å². The highest BCUT2D eigenvalue weighted by Gasteiger charge is 2.39. The molecule has 0 aromatic rings. The van der Waals surface area contributed by atoms with Gasteiger partial charge in [-0.2, -0.15) is 0 Å². The summed E-state index contributed by atoms with van der Waals surface area (Å²) in [5.74, 6) is 0.193. The molecule has 96 valence electrons. The summed E-state index contributed by atoms with van der Waals surface area (Å²) in [6.07, 6.45) is 3.48. The molecule has 1 rings (SSSR count). The highest BCUT2D eigenvalue weighted by molar-refractivity contribution is 7.89. The number of hydrogen-bond acceptors (Lipinski definition) is 3. The molecular formula is C11H24N2O2S. The summed E-state index contributed by atoms with van der Waals surface area (Å²) in [6, 6.07) is 0. The molecule has 3 N–H and O–H groups in total. The number of hydrogen-bond donors (Lipinski definition) is 2. The van der Waals surface area contributed by atoms with Crippen molar-refractivity contribution in [3.8, 4) is 0 Å². The van der Waals surface area contributed by atoms with Crippen LogP contribution in [0.25, 0.3) is 0 Å². The van der Waals surface area contributed by atoms with Gasteiger partial charge in [0, 0.05) is 12.1 Å². The van der Waals surface area contributed by atoms with E-state index in [1.54, 1.807) is 0 Å². The quantitative estimate of drug-likeness (QED) is 0.768. The molecule has 0 atom stereocenters. The fourth-order valence-corrected chi connectivity index (χ4v) is 3.70. The van der Waals surface area contributed by atoms with Gasteiger partial charge in [-0.25, -0.2) is 13.1 Å². The fourth-order valence-electron chi connectivity index (χ4n) is 1.77. The second-order valence-electron chi connectivity index (χ2n) is 6.07. The molecule has 0 aliphatic heterocycles. The van der Waals surface area contributed by atoms with Gasteiger partial charge in [0.1, 0.15) is 0 Å². The number of nitrogens with two attached hydrogens (primary N) is 1. The summed E-state index contributed by atoms with van der Waals surface area (Å²) in [7, 11) is -3.18. The van der Waals surface area contributed by atoms with Gasteiger partial charge in [0.25, 0.3) is 0 Å². The van der Waals surface area contributed by atoms with E-state index < -0.39 is 10.0 Å². The lowest BCUT2D eigenvalue weighted by Gasteiger charge is -2.41. The summed E-state index contributed by atoms with van der Waals surface area (Å²) in [6.45, 7) is 6.54. The molecule has 16 heavy (non-hydrogen) atoms. The molecule has 0 aromatic heterocycles. The van der Waals surface area contributed by atoms with Crippen molar-refractivity contribution in [2.45, 2.75) is 52.0 Å². The van der Waals surface area contributed by atoms with E-state index in [1.165, 1.54) is 0 Å². The van der Waals surface area contributed by atoms with E-state index >= 15 is 0 Å². The van der Waals surface area contributed by atoms with E-state index in [-0.39, 0.29) is 16.7 Å². The Morgan fingerprint density at radius 2 is 1.88 bits per heavy atom. The van der Waals surface area contributed by atoms with Crippen molar-refractivity contribution < 1.29 is 8.42 Å². The van der Waals surface area contributed by atoms with Crippen LogP contribution in [0.15, 0.2) is 0 Å². The lowest BCUT2D eigenvalue weighted by molar-refractivity contribution is 0.230. The first-order valence-electron chi connectivity index (χ1n) is 5.90. The Bertz CT molecular complexity index is 321. The molecule has 0 heterocycles. The lowest BCUT2D eigenvalue weighted by Crippen LogP contribution is -2.58. The Balaban J connectivity index is 2.52. The van der Waals surface area contributed by atoms with Crippen molar-refractivity contribution in [1.82, 2.24) is 4.72 Å². The predicted molar refractivity (Wildman–Crippen MR) is 66.6 cm³/mol. The maximum absolute atomic E-state index is 11.9. The van der Waals surface area contributed by atoms with Crippen molar-refractivity contribution >= 4 is 10.0 Å². The van der Waals surface area contributed by atoms with E-state index in [4.69, 9.17) is 5.73 Å². The topological polar surface area (TPSA) is 72.2 Å².